The smallest absolute Gasteiger partial charge is 0.00854 e. The first-order valence-corrected chi connectivity index (χ1v) is 5.61. The molecule has 0 amide bonds. The molecule has 0 saturated heterocycles. The lowest BCUT2D eigenvalue weighted by Crippen LogP contribution is -1.96. The summed E-state index contributed by atoms with van der Waals surface area (Å²) in [4.78, 5) is 0. The van der Waals surface area contributed by atoms with E-state index in [1.807, 2.05) is 0 Å². The van der Waals surface area contributed by atoms with Crippen LogP contribution in [0.15, 0.2) is 42.5 Å². The van der Waals surface area contributed by atoms with E-state index < -0.39 is 0 Å². The van der Waals surface area contributed by atoms with Crippen molar-refractivity contribution in [2.75, 3.05) is 0 Å². The van der Waals surface area contributed by atoms with Crippen LogP contribution in [0.3, 0.4) is 0 Å². The Labute approximate surface area is 92.3 Å². The van der Waals surface area contributed by atoms with E-state index in [0.717, 1.165) is 12.8 Å². The van der Waals surface area contributed by atoms with Crippen molar-refractivity contribution in [1.29, 1.82) is 0 Å². The molecule has 0 heteroatoms. The Morgan fingerprint density at radius 2 is 2.13 bits per heavy atom. The van der Waals surface area contributed by atoms with Crippen LogP contribution in [0.2, 0.25) is 0 Å². The number of rotatable bonds is 3. The van der Waals surface area contributed by atoms with Crippen molar-refractivity contribution in [3.05, 3.63) is 53.6 Å². The number of allylic oxidation sites excluding steroid dienone is 3. The third kappa shape index (κ3) is 2.04. The maximum Gasteiger partial charge on any atom is -0.00854 e. The first-order chi connectivity index (χ1) is 7.18. The van der Waals surface area contributed by atoms with Crippen LogP contribution in [0.4, 0.5) is 0 Å². The molecule has 0 heterocycles. The van der Waals surface area contributed by atoms with Crippen LogP contribution in [0.1, 0.15) is 31.4 Å². The van der Waals surface area contributed by atoms with Gasteiger partial charge in [0.15, 0.2) is 0 Å². The minimum absolute atomic E-state index is 0.586. The summed E-state index contributed by atoms with van der Waals surface area (Å²) in [7, 11) is 0. The fraction of sp³-hybridized carbons (Fsp3) is 0.333. The molecule has 2 rings (SSSR count). The van der Waals surface area contributed by atoms with E-state index in [4.69, 9.17) is 0 Å². The van der Waals surface area contributed by atoms with E-state index in [2.05, 4.69) is 50.8 Å². The van der Waals surface area contributed by atoms with Gasteiger partial charge in [-0.05, 0) is 42.4 Å². The lowest BCUT2D eigenvalue weighted by atomic mass is 9.92. The zero-order valence-electron chi connectivity index (χ0n) is 9.59. The Balaban J connectivity index is 2.17. The third-order valence-electron chi connectivity index (χ3n) is 3.30. The monoisotopic (exact) mass is 198 g/mol. The van der Waals surface area contributed by atoms with Crippen molar-refractivity contribution < 1.29 is 0 Å². The predicted octanol–water partition coefficient (Wildman–Crippen LogP) is 4.23. The highest BCUT2D eigenvalue weighted by molar-refractivity contribution is 5.73. The van der Waals surface area contributed by atoms with Crippen LogP contribution < -0.4 is 0 Å². The van der Waals surface area contributed by atoms with E-state index in [-0.39, 0.29) is 0 Å². The van der Waals surface area contributed by atoms with Gasteiger partial charge in [0.1, 0.15) is 0 Å². The fourth-order valence-electron chi connectivity index (χ4n) is 2.05. The number of hydrogen-bond acceptors (Lipinski definition) is 0. The highest BCUT2D eigenvalue weighted by Gasteiger charge is 2.15. The van der Waals surface area contributed by atoms with Gasteiger partial charge in [-0.15, -0.1) is 0 Å². The van der Waals surface area contributed by atoms with Crippen molar-refractivity contribution in [2.24, 2.45) is 5.92 Å². The topological polar surface area (TPSA) is 0 Å². The lowest BCUT2D eigenvalue weighted by molar-refractivity contribution is 0.708. The van der Waals surface area contributed by atoms with E-state index in [1.54, 1.807) is 0 Å². The maximum absolute atomic E-state index is 4.03. The molecular weight excluding hydrogens is 180 g/mol. The Kier molecular flexibility index (Phi) is 2.77. The molecule has 0 fully saturated rings. The van der Waals surface area contributed by atoms with Gasteiger partial charge in [0.2, 0.25) is 0 Å². The molecule has 0 aliphatic heterocycles. The van der Waals surface area contributed by atoms with Gasteiger partial charge in [0.05, 0.1) is 0 Å². The van der Waals surface area contributed by atoms with Crippen molar-refractivity contribution in [3.63, 3.8) is 0 Å². The van der Waals surface area contributed by atoms with Gasteiger partial charge < -0.3 is 0 Å². The van der Waals surface area contributed by atoms with Crippen molar-refractivity contribution in [3.8, 4) is 0 Å². The lowest BCUT2D eigenvalue weighted by Gasteiger charge is -2.12. The minimum atomic E-state index is 0.586. The average molecular weight is 198 g/mol. The van der Waals surface area contributed by atoms with Crippen LogP contribution >= 0.6 is 0 Å². The third-order valence-corrected chi connectivity index (χ3v) is 3.30. The van der Waals surface area contributed by atoms with Gasteiger partial charge >= 0.3 is 0 Å². The van der Waals surface area contributed by atoms with Crippen LogP contribution in [0.25, 0.3) is 5.57 Å². The summed E-state index contributed by atoms with van der Waals surface area (Å²) >= 11 is 0. The zero-order chi connectivity index (χ0) is 10.8. The molecular formula is C15H18. The number of fused-ring (bicyclic) bond motifs is 1. The van der Waals surface area contributed by atoms with Gasteiger partial charge in [0.25, 0.3) is 0 Å². The summed E-state index contributed by atoms with van der Waals surface area (Å²) in [6.07, 6.45) is 4.60. The van der Waals surface area contributed by atoms with Gasteiger partial charge in [-0.3, -0.25) is 0 Å². The molecule has 1 unspecified atom stereocenters. The Bertz CT molecular complexity index is 410. The SMILES string of the molecule is C=C(C)C(C)CC1=CCc2ccccc21. The molecule has 1 atom stereocenters. The number of benzene rings is 1. The first kappa shape index (κ1) is 10.2. The normalized spacial score (nSPS) is 15.7. The summed E-state index contributed by atoms with van der Waals surface area (Å²) < 4.78 is 0. The zero-order valence-corrected chi connectivity index (χ0v) is 9.59. The van der Waals surface area contributed by atoms with E-state index >= 15 is 0 Å². The standard InChI is InChI=1S/C15H18/c1-11(2)12(3)10-14-9-8-13-6-4-5-7-15(13)14/h4-7,9,12H,1,8,10H2,2-3H3. The van der Waals surface area contributed by atoms with Gasteiger partial charge in [0, 0.05) is 0 Å². The average Bonchev–Trinajstić information content (AvgIpc) is 2.62. The van der Waals surface area contributed by atoms with Crippen molar-refractivity contribution >= 4 is 5.57 Å². The molecule has 78 valence electrons. The second-order valence-corrected chi connectivity index (χ2v) is 4.54. The molecule has 0 bridgehead atoms. The highest BCUT2D eigenvalue weighted by Crippen LogP contribution is 2.33. The predicted molar refractivity (Wildman–Crippen MR) is 66.7 cm³/mol. The summed E-state index contributed by atoms with van der Waals surface area (Å²) in [6.45, 7) is 8.40. The van der Waals surface area contributed by atoms with Crippen molar-refractivity contribution in [2.45, 2.75) is 26.7 Å². The largest absolute Gasteiger partial charge is 0.0999 e. The maximum atomic E-state index is 4.03. The Hall–Kier alpha value is -1.30. The van der Waals surface area contributed by atoms with Crippen LogP contribution in [-0.4, -0.2) is 0 Å². The molecule has 0 spiro atoms. The van der Waals surface area contributed by atoms with Gasteiger partial charge in [-0.2, -0.15) is 0 Å². The minimum Gasteiger partial charge on any atom is -0.0999 e. The van der Waals surface area contributed by atoms with E-state index in [9.17, 15) is 0 Å². The molecule has 1 aromatic carbocycles. The molecule has 0 aromatic heterocycles. The molecule has 1 aromatic rings. The van der Waals surface area contributed by atoms with Crippen LogP contribution in [0.5, 0.6) is 0 Å². The second-order valence-electron chi connectivity index (χ2n) is 4.54. The molecule has 0 radical (unpaired) electrons. The fourth-order valence-corrected chi connectivity index (χ4v) is 2.05. The van der Waals surface area contributed by atoms with Gasteiger partial charge in [-0.25, -0.2) is 0 Å². The molecule has 1 aliphatic rings. The first-order valence-electron chi connectivity index (χ1n) is 5.61. The second kappa shape index (κ2) is 4.06. The van der Waals surface area contributed by atoms with Crippen LogP contribution in [0, 0.1) is 5.92 Å². The molecule has 1 aliphatic carbocycles. The van der Waals surface area contributed by atoms with Crippen molar-refractivity contribution in [1.82, 2.24) is 0 Å². The van der Waals surface area contributed by atoms with E-state index in [0.29, 0.717) is 5.92 Å². The molecule has 15 heavy (non-hydrogen) atoms. The molecule has 0 saturated carbocycles. The number of hydrogen-bond donors (Lipinski definition) is 0. The van der Waals surface area contributed by atoms with Crippen LogP contribution in [-0.2, 0) is 6.42 Å². The van der Waals surface area contributed by atoms with E-state index in [1.165, 1.54) is 22.3 Å². The Morgan fingerprint density at radius 1 is 1.40 bits per heavy atom. The van der Waals surface area contributed by atoms with Gasteiger partial charge in [-0.1, -0.05) is 49.4 Å². The highest BCUT2D eigenvalue weighted by atomic mass is 14.2. The summed E-state index contributed by atoms with van der Waals surface area (Å²) in [6, 6.07) is 8.71. The Morgan fingerprint density at radius 3 is 2.87 bits per heavy atom. The summed E-state index contributed by atoms with van der Waals surface area (Å²) in [5.41, 5.74) is 5.70. The molecule has 0 N–H and O–H groups in total. The molecule has 0 nitrogen and oxygen atoms in total. The summed E-state index contributed by atoms with van der Waals surface area (Å²) in [5, 5.41) is 0. The summed E-state index contributed by atoms with van der Waals surface area (Å²) in [5.74, 6) is 0.586. The quantitative estimate of drug-likeness (QED) is 0.638.